The molecule has 2 N–H and O–H groups in total. The number of nitrogens with zero attached hydrogens (tertiary/aromatic N) is 2. The molecule has 0 aromatic heterocycles. The number of hydrogen-bond donors (Lipinski definition) is 1. The zero-order valence-corrected chi connectivity index (χ0v) is 8.36. The molecule has 0 amide bonds. The van der Waals surface area contributed by atoms with Gasteiger partial charge in [0.1, 0.15) is 6.07 Å². The lowest BCUT2D eigenvalue weighted by Gasteiger charge is -2.11. The molecule has 72 valence electrons. The average molecular weight is 187 g/mol. The van der Waals surface area contributed by atoms with E-state index in [1.54, 1.807) is 6.20 Å². The van der Waals surface area contributed by atoms with E-state index in [1.165, 1.54) is 6.20 Å². The van der Waals surface area contributed by atoms with Crippen LogP contribution >= 0.6 is 0 Å². The molecule has 3 nitrogen and oxygen atoms in total. The van der Waals surface area contributed by atoms with Crippen LogP contribution in [-0.2, 0) is 0 Å². The van der Waals surface area contributed by atoms with Gasteiger partial charge in [0.15, 0.2) is 0 Å². The Morgan fingerprint density at radius 3 is 2.86 bits per heavy atom. The molecule has 0 bridgehead atoms. The van der Waals surface area contributed by atoms with E-state index >= 15 is 0 Å². The van der Waals surface area contributed by atoms with E-state index in [0.717, 1.165) is 0 Å². The monoisotopic (exact) mass is 187 g/mol. The second-order valence-electron chi connectivity index (χ2n) is 3.68. The van der Waals surface area contributed by atoms with Gasteiger partial charge in [-0.3, -0.25) is 4.99 Å². The molecule has 1 heterocycles. The van der Waals surface area contributed by atoms with Gasteiger partial charge < -0.3 is 5.73 Å². The molecule has 0 radical (unpaired) electrons. The van der Waals surface area contributed by atoms with Crippen molar-refractivity contribution < 1.29 is 0 Å². The van der Waals surface area contributed by atoms with E-state index in [1.807, 2.05) is 24.3 Å². The molecule has 1 rings (SSSR count). The number of allylic oxidation sites excluding steroid dienone is 4. The maximum absolute atomic E-state index is 8.76. The van der Waals surface area contributed by atoms with Gasteiger partial charge in [-0.2, -0.15) is 5.26 Å². The van der Waals surface area contributed by atoms with Crippen LogP contribution in [0.5, 0.6) is 0 Å². The van der Waals surface area contributed by atoms with Crippen molar-refractivity contribution in [2.24, 2.45) is 16.1 Å². The third-order valence-electron chi connectivity index (χ3n) is 1.95. The molecule has 0 aromatic rings. The second kappa shape index (κ2) is 3.93. The summed E-state index contributed by atoms with van der Waals surface area (Å²) in [6.07, 6.45) is 8.77. The molecule has 0 saturated heterocycles. The van der Waals surface area contributed by atoms with Gasteiger partial charge in [-0.05, 0) is 6.08 Å². The van der Waals surface area contributed by atoms with Crippen LogP contribution in [0.3, 0.4) is 0 Å². The number of nitrogens with two attached hydrogens (primary N) is 1. The van der Waals surface area contributed by atoms with Crippen molar-refractivity contribution in [2.45, 2.75) is 13.8 Å². The lowest BCUT2D eigenvalue weighted by atomic mass is 9.93. The number of nitriles is 1. The summed E-state index contributed by atoms with van der Waals surface area (Å²) in [5, 5.41) is 8.76. The Kier molecular flexibility index (Phi) is 2.88. The summed E-state index contributed by atoms with van der Waals surface area (Å²) in [5.74, 6) is 0. The van der Waals surface area contributed by atoms with Crippen LogP contribution in [0.15, 0.2) is 41.2 Å². The van der Waals surface area contributed by atoms with Crippen molar-refractivity contribution in [3.05, 3.63) is 36.2 Å². The topological polar surface area (TPSA) is 62.2 Å². The van der Waals surface area contributed by atoms with Gasteiger partial charge in [-0.25, -0.2) is 0 Å². The number of rotatable bonds is 1. The minimum Gasteiger partial charge on any atom is -0.403 e. The van der Waals surface area contributed by atoms with Crippen LogP contribution in [0.25, 0.3) is 0 Å². The fourth-order valence-corrected chi connectivity index (χ4v) is 1.04. The summed E-state index contributed by atoms with van der Waals surface area (Å²) in [7, 11) is 0. The van der Waals surface area contributed by atoms with Crippen molar-refractivity contribution in [3.8, 4) is 6.07 Å². The molecular formula is C11H13N3. The Labute approximate surface area is 83.9 Å². The number of hydrogen-bond acceptors (Lipinski definition) is 3. The SMILES string of the molecule is CC1(C)C=CN=C(C(C#N)=CN)C=C1. The Morgan fingerprint density at radius 2 is 2.29 bits per heavy atom. The first-order valence-electron chi connectivity index (χ1n) is 4.36. The van der Waals surface area contributed by atoms with Gasteiger partial charge in [0.05, 0.1) is 11.3 Å². The van der Waals surface area contributed by atoms with Gasteiger partial charge in [0.2, 0.25) is 0 Å². The van der Waals surface area contributed by atoms with Gasteiger partial charge in [-0.15, -0.1) is 0 Å². The second-order valence-corrected chi connectivity index (χ2v) is 3.68. The Balaban J connectivity index is 3.03. The van der Waals surface area contributed by atoms with Crippen LogP contribution in [0, 0.1) is 16.7 Å². The normalized spacial score (nSPS) is 19.8. The summed E-state index contributed by atoms with van der Waals surface area (Å²) in [6.45, 7) is 4.13. The minimum absolute atomic E-state index is 0.0274. The standard InChI is InChI=1S/C11H13N3/c1-11(2)4-3-10(14-6-5-11)9(7-12)8-13/h3-7H,12H2,1-2H3. The molecule has 1 aliphatic heterocycles. The molecule has 14 heavy (non-hydrogen) atoms. The molecule has 0 aromatic carbocycles. The minimum atomic E-state index is -0.0274. The van der Waals surface area contributed by atoms with Crippen LogP contribution < -0.4 is 5.73 Å². The lowest BCUT2D eigenvalue weighted by Crippen LogP contribution is -2.03. The van der Waals surface area contributed by atoms with E-state index in [2.05, 4.69) is 18.8 Å². The Morgan fingerprint density at radius 1 is 1.57 bits per heavy atom. The maximum atomic E-state index is 8.76. The average Bonchev–Trinajstić information content (AvgIpc) is 2.30. The fraction of sp³-hybridized carbons (Fsp3) is 0.273. The first-order valence-corrected chi connectivity index (χ1v) is 4.36. The summed E-state index contributed by atoms with van der Waals surface area (Å²) < 4.78 is 0. The third kappa shape index (κ3) is 2.33. The number of aliphatic imine (C=N–C) groups is 1. The van der Waals surface area contributed by atoms with Gasteiger partial charge in [0.25, 0.3) is 0 Å². The van der Waals surface area contributed by atoms with E-state index in [4.69, 9.17) is 11.0 Å². The van der Waals surface area contributed by atoms with E-state index in [-0.39, 0.29) is 5.41 Å². The van der Waals surface area contributed by atoms with Crippen molar-refractivity contribution in [1.82, 2.24) is 0 Å². The molecule has 0 fully saturated rings. The molecule has 3 heteroatoms. The zero-order chi connectivity index (χ0) is 10.6. The van der Waals surface area contributed by atoms with Crippen LogP contribution in [0.2, 0.25) is 0 Å². The smallest absolute Gasteiger partial charge is 0.103 e. The Bertz CT molecular complexity index is 376. The van der Waals surface area contributed by atoms with Crippen LogP contribution in [-0.4, -0.2) is 5.71 Å². The van der Waals surface area contributed by atoms with E-state index in [0.29, 0.717) is 11.3 Å². The lowest BCUT2D eigenvalue weighted by molar-refractivity contribution is 0.626. The summed E-state index contributed by atoms with van der Waals surface area (Å²) in [5.41, 5.74) is 6.28. The Hall–Kier alpha value is -1.82. The van der Waals surface area contributed by atoms with Crippen LogP contribution in [0.1, 0.15) is 13.8 Å². The highest BCUT2D eigenvalue weighted by molar-refractivity contribution is 6.11. The van der Waals surface area contributed by atoms with E-state index in [9.17, 15) is 0 Å². The quantitative estimate of drug-likeness (QED) is 0.637. The maximum Gasteiger partial charge on any atom is 0.103 e. The van der Waals surface area contributed by atoms with Crippen molar-refractivity contribution >= 4 is 5.71 Å². The van der Waals surface area contributed by atoms with Crippen LogP contribution in [0.4, 0.5) is 0 Å². The van der Waals surface area contributed by atoms with Gasteiger partial charge in [0, 0.05) is 17.8 Å². The largest absolute Gasteiger partial charge is 0.403 e. The first kappa shape index (κ1) is 10.3. The molecule has 0 saturated carbocycles. The van der Waals surface area contributed by atoms with Crippen molar-refractivity contribution in [1.29, 1.82) is 5.26 Å². The molecular weight excluding hydrogens is 174 g/mol. The molecule has 0 unspecified atom stereocenters. The fourth-order valence-electron chi connectivity index (χ4n) is 1.04. The predicted molar refractivity (Wildman–Crippen MR) is 57.4 cm³/mol. The first-order chi connectivity index (χ1) is 6.59. The van der Waals surface area contributed by atoms with Crippen molar-refractivity contribution in [2.75, 3.05) is 0 Å². The highest BCUT2D eigenvalue weighted by atomic mass is 14.7. The van der Waals surface area contributed by atoms with Gasteiger partial charge >= 0.3 is 0 Å². The van der Waals surface area contributed by atoms with E-state index < -0.39 is 0 Å². The third-order valence-corrected chi connectivity index (χ3v) is 1.95. The predicted octanol–water partition coefficient (Wildman–Crippen LogP) is 1.90. The molecule has 1 aliphatic rings. The summed E-state index contributed by atoms with van der Waals surface area (Å²) in [6, 6.07) is 2.00. The highest BCUT2D eigenvalue weighted by Gasteiger charge is 2.12. The molecule has 0 spiro atoms. The van der Waals surface area contributed by atoms with Crippen molar-refractivity contribution in [3.63, 3.8) is 0 Å². The zero-order valence-electron chi connectivity index (χ0n) is 8.36. The highest BCUT2D eigenvalue weighted by Crippen LogP contribution is 2.21. The van der Waals surface area contributed by atoms with Gasteiger partial charge in [-0.1, -0.05) is 26.0 Å². The summed E-state index contributed by atoms with van der Waals surface area (Å²) >= 11 is 0. The molecule has 0 atom stereocenters. The summed E-state index contributed by atoms with van der Waals surface area (Å²) in [4.78, 5) is 4.14. The molecule has 0 aliphatic carbocycles.